The van der Waals surface area contributed by atoms with Crippen molar-refractivity contribution < 1.29 is 9.90 Å². The van der Waals surface area contributed by atoms with Gasteiger partial charge in [-0.1, -0.05) is 11.3 Å². The van der Waals surface area contributed by atoms with Gasteiger partial charge in [-0.25, -0.2) is 0 Å². The molecule has 3 heterocycles. The Kier molecular flexibility index (Phi) is 3.95. The molecule has 0 aromatic carbocycles. The highest BCUT2D eigenvalue weighted by Gasteiger charge is 2.30. The molecule has 1 fully saturated rings. The van der Waals surface area contributed by atoms with Crippen LogP contribution in [0.3, 0.4) is 0 Å². The highest BCUT2D eigenvalue weighted by Crippen LogP contribution is 2.28. The Hall–Kier alpha value is -1.47. The minimum atomic E-state index is 0.0700. The zero-order valence-electron chi connectivity index (χ0n) is 12.4. The van der Waals surface area contributed by atoms with Crippen molar-refractivity contribution in [3.8, 4) is 0 Å². The van der Waals surface area contributed by atoms with Crippen molar-refractivity contribution in [3.63, 3.8) is 0 Å². The first-order valence-electron chi connectivity index (χ1n) is 7.36. The van der Waals surface area contributed by atoms with Crippen molar-refractivity contribution in [2.45, 2.75) is 45.6 Å². The van der Waals surface area contributed by atoms with E-state index in [1.165, 1.54) is 11.3 Å². The molecular formula is C14H20N4O2S. The Morgan fingerprint density at radius 1 is 1.38 bits per heavy atom. The van der Waals surface area contributed by atoms with Gasteiger partial charge in [0.15, 0.2) is 0 Å². The second-order valence-corrected chi connectivity index (χ2v) is 6.52. The third-order valence-electron chi connectivity index (χ3n) is 4.20. The van der Waals surface area contributed by atoms with Crippen molar-refractivity contribution in [1.82, 2.24) is 19.5 Å². The molecule has 114 valence electrons. The topological polar surface area (TPSA) is 70.7 Å². The van der Waals surface area contributed by atoms with Crippen LogP contribution in [0.2, 0.25) is 0 Å². The Morgan fingerprint density at radius 3 is 2.90 bits per heavy atom. The largest absolute Gasteiger partial charge is 0.396 e. The molecule has 2 aromatic heterocycles. The lowest BCUT2D eigenvalue weighted by Gasteiger charge is -2.35. The smallest absolute Gasteiger partial charge is 0.266 e. The maximum absolute atomic E-state index is 12.9. The number of piperidine rings is 1. The van der Waals surface area contributed by atoms with E-state index in [1.54, 1.807) is 0 Å². The Bertz CT molecular complexity index is 661. The summed E-state index contributed by atoms with van der Waals surface area (Å²) in [5.41, 5.74) is 0.913. The Balaban J connectivity index is 1.93. The number of aromatic nitrogens is 3. The van der Waals surface area contributed by atoms with Gasteiger partial charge in [-0.3, -0.25) is 9.20 Å². The van der Waals surface area contributed by atoms with Gasteiger partial charge < -0.3 is 10.0 Å². The molecule has 0 saturated carbocycles. The summed E-state index contributed by atoms with van der Waals surface area (Å²) in [5.74, 6) is 0.879. The molecule has 1 saturated heterocycles. The van der Waals surface area contributed by atoms with Gasteiger partial charge in [-0.05, 0) is 39.5 Å². The second-order valence-electron chi connectivity index (χ2n) is 5.54. The van der Waals surface area contributed by atoms with Crippen LogP contribution in [0.15, 0.2) is 0 Å². The van der Waals surface area contributed by atoms with E-state index < -0.39 is 0 Å². The molecule has 1 unspecified atom stereocenters. The first kappa shape index (κ1) is 14.5. The van der Waals surface area contributed by atoms with Crippen LogP contribution in [0.4, 0.5) is 0 Å². The molecule has 0 aliphatic carbocycles. The number of carbonyl (C=O) groups is 1. The summed E-state index contributed by atoms with van der Waals surface area (Å²) in [4.78, 5) is 16.3. The van der Waals surface area contributed by atoms with E-state index in [0.717, 1.165) is 47.2 Å². The maximum Gasteiger partial charge on any atom is 0.266 e. The van der Waals surface area contributed by atoms with Crippen LogP contribution in [0.25, 0.3) is 4.96 Å². The molecule has 1 aliphatic rings. The van der Waals surface area contributed by atoms with Gasteiger partial charge in [-0.2, -0.15) is 0 Å². The summed E-state index contributed by atoms with van der Waals surface area (Å²) in [6.45, 7) is 4.74. The van der Waals surface area contributed by atoms with Crippen molar-refractivity contribution in [2.24, 2.45) is 0 Å². The van der Waals surface area contributed by atoms with Crippen LogP contribution < -0.4 is 0 Å². The molecule has 1 amide bonds. The summed E-state index contributed by atoms with van der Waals surface area (Å²) in [7, 11) is 0. The van der Waals surface area contributed by atoms with E-state index in [0.29, 0.717) is 6.42 Å². The molecule has 7 heteroatoms. The zero-order valence-corrected chi connectivity index (χ0v) is 13.2. The number of aliphatic hydroxyl groups is 1. The van der Waals surface area contributed by atoms with Crippen LogP contribution in [0.1, 0.15) is 46.9 Å². The van der Waals surface area contributed by atoms with Gasteiger partial charge in [0.25, 0.3) is 5.91 Å². The molecule has 6 nitrogen and oxygen atoms in total. The van der Waals surface area contributed by atoms with Crippen LogP contribution in [-0.4, -0.2) is 49.7 Å². The summed E-state index contributed by atoms with van der Waals surface area (Å²) >= 11 is 1.40. The number of hydrogen-bond acceptors (Lipinski definition) is 5. The number of likely N-dealkylation sites (tertiary alicyclic amines) is 1. The molecule has 21 heavy (non-hydrogen) atoms. The lowest BCUT2D eigenvalue weighted by atomic mass is 9.99. The molecular weight excluding hydrogens is 288 g/mol. The molecule has 0 bridgehead atoms. The molecule has 2 aromatic rings. The first-order valence-corrected chi connectivity index (χ1v) is 8.18. The maximum atomic E-state index is 12.9. The van der Waals surface area contributed by atoms with Crippen LogP contribution in [0.5, 0.6) is 0 Å². The van der Waals surface area contributed by atoms with Crippen LogP contribution >= 0.6 is 11.3 Å². The average Bonchev–Trinajstić information content (AvgIpc) is 3.01. The monoisotopic (exact) mass is 308 g/mol. The van der Waals surface area contributed by atoms with E-state index in [1.807, 2.05) is 23.1 Å². The normalized spacial score (nSPS) is 19.4. The van der Waals surface area contributed by atoms with E-state index in [4.69, 9.17) is 0 Å². The summed E-state index contributed by atoms with van der Waals surface area (Å²) in [6, 6.07) is 0.157. The van der Waals surface area contributed by atoms with E-state index in [-0.39, 0.29) is 18.6 Å². The highest BCUT2D eigenvalue weighted by molar-refractivity contribution is 7.19. The van der Waals surface area contributed by atoms with Crippen molar-refractivity contribution >= 4 is 22.2 Å². The van der Waals surface area contributed by atoms with Gasteiger partial charge in [0, 0.05) is 24.9 Å². The molecule has 3 rings (SSSR count). The molecule has 1 aliphatic heterocycles. The predicted octanol–water partition coefficient (Wildman–Crippen LogP) is 1.78. The van der Waals surface area contributed by atoms with E-state index >= 15 is 0 Å². The number of nitrogens with zero attached hydrogens (tertiary/aromatic N) is 4. The average molecular weight is 308 g/mol. The number of amides is 1. The number of aliphatic hydroxyl groups excluding tert-OH is 1. The SMILES string of the molecule is Cc1nnc2sc(C(=O)N3CCCCC3CCO)c(C)n12. The first-order chi connectivity index (χ1) is 10.1. The fourth-order valence-corrected chi connectivity index (χ4v) is 4.18. The van der Waals surface area contributed by atoms with Gasteiger partial charge in [0.2, 0.25) is 4.96 Å². The van der Waals surface area contributed by atoms with E-state index in [2.05, 4.69) is 10.2 Å². The number of hydrogen-bond donors (Lipinski definition) is 1. The van der Waals surface area contributed by atoms with Gasteiger partial charge in [-0.15, -0.1) is 10.2 Å². The quantitative estimate of drug-likeness (QED) is 0.938. The summed E-state index contributed by atoms with van der Waals surface area (Å²) < 4.78 is 1.93. The van der Waals surface area contributed by atoms with Crippen molar-refractivity contribution in [1.29, 1.82) is 0 Å². The lowest BCUT2D eigenvalue weighted by Crippen LogP contribution is -2.44. The number of carbonyl (C=O) groups excluding carboxylic acids is 1. The third-order valence-corrected chi connectivity index (χ3v) is 5.32. The van der Waals surface area contributed by atoms with E-state index in [9.17, 15) is 9.90 Å². The Labute approximate surface area is 127 Å². The van der Waals surface area contributed by atoms with Crippen LogP contribution in [-0.2, 0) is 0 Å². The molecule has 0 spiro atoms. The van der Waals surface area contributed by atoms with Crippen LogP contribution in [0, 0.1) is 13.8 Å². The van der Waals surface area contributed by atoms with Gasteiger partial charge in [0.05, 0.1) is 0 Å². The summed E-state index contributed by atoms with van der Waals surface area (Å²) in [6.07, 6.45) is 3.81. The molecule has 0 radical (unpaired) electrons. The Morgan fingerprint density at radius 2 is 2.19 bits per heavy atom. The zero-order chi connectivity index (χ0) is 15.0. The fraction of sp³-hybridized carbons (Fsp3) is 0.643. The number of fused-ring (bicyclic) bond motifs is 1. The van der Waals surface area contributed by atoms with Crippen molar-refractivity contribution in [3.05, 3.63) is 16.4 Å². The second kappa shape index (κ2) is 5.73. The summed E-state index contributed by atoms with van der Waals surface area (Å²) in [5, 5.41) is 17.3. The number of aryl methyl sites for hydroxylation is 2. The minimum absolute atomic E-state index is 0.0700. The standard InChI is InChI=1S/C14H20N4O2S/c1-9-12(21-14-16-15-10(2)18(9)14)13(20)17-7-4-3-5-11(17)6-8-19/h11,19H,3-8H2,1-2H3. The van der Waals surface area contributed by atoms with Gasteiger partial charge in [0.1, 0.15) is 10.7 Å². The minimum Gasteiger partial charge on any atom is -0.396 e. The molecule has 1 atom stereocenters. The number of rotatable bonds is 3. The van der Waals surface area contributed by atoms with Gasteiger partial charge >= 0.3 is 0 Å². The highest BCUT2D eigenvalue weighted by atomic mass is 32.1. The fourth-order valence-electron chi connectivity index (χ4n) is 3.11. The molecule has 1 N–H and O–H groups in total. The van der Waals surface area contributed by atoms with Crippen molar-refractivity contribution in [2.75, 3.05) is 13.2 Å². The predicted molar refractivity (Wildman–Crippen MR) is 80.7 cm³/mol. The number of thiazole rings is 1. The lowest BCUT2D eigenvalue weighted by molar-refractivity contribution is 0.0578. The third kappa shape index (κ3) is 2.44.